The highest BCUT2D eigenvalue weighted by Crippen LogP contribution is 2.60. The molecule has 0 amide bonds. The molecule has 5 heteroatoms. The van der Waals surface area contributed by atoms with Crippen LogP contribution in [0.15, 0.2) is 30.3 Å². The Balaban J connectivity index is 1.32. The van der Waals surface area contributed by atoms with Crippen molar-refractivity contribution >= 4 is 0 Å². The van der Waals surface area contributed by atoms with Crippen LogP contribution in [-0.4, -0.2) is 30.6 Å². The molecule has 6 rings (SSSR count). The van der Waals surface area contributed by atoms with E-state index in [2.05, 4.69) is 51.1 Å². The first-order chi connectivity index (χ1) is 14.9. The summed E-state index contributed by atoms with van der Waals surface area (Å²) in [5, 5.41) is 0. The fourth-order valence-electron chi connectivity index (χ4n) is 6.56. The van der Waals surface area contributed by atoms with Crippen molar-refractivity contribution in [1.29, 1.82) is 0 Å². The fourth-order valence-corrected chi connectivity index (χ4v) is 6.56. The molecule has 1 aromatic carbocycles. The molecule has 1 saturated carbocycles. The van der Waals surface area contributed by atoms with Gasteiger partial charge in [-0.1, -0.05) is 57.5 Å². The summed E-state index contributed by atoms with van der Waals surface area (Å²) in [5.41, 5.74) is 0.850. The normalized spacial score (nSPS) is 45.0. The van der Waals surface area contributed by atoms with Gasteiger partial charge in [-0.2, -0.15) is 0 Å². The Morgan fingerprint density at radius 1 is 1.06 bits per heavy atom. The minimum absolute atomic E-state index is 0.232. The van der Waals surface area contributed by atoms with E-state index in [1.807, 2.05) is 6.92 Å². The number of hydrogen-bond donors (Lipinski definition) is 0. The van der Waals surface area contributed by atoms with Crippen molar-refractivity contribution in [3.63, 3.8) is 0 Å². The lowest BCUT2D eigenvalue weighted by atomic mass is 9.58. The van der Waals surface area contributed by atoms with Crippen LogP contribution >= 0.6 is 0 Å². The second kappa shape index (κ2) is 8.42. The van der Waals surface area contributed by atoms with Gasteiger partial charge < -0.3 is 14.2 Å². The molecule has 0 aromatic heterocycles. The van der Waals surface area contributed by atoms with E-state index in [0.29, 0.717) is 30.3 Å². The SMILES string of the molecule is CC[C@H](CO[C@H]1O[C@@H]2O[C@@]3(C)CC[C@H]4[C@H](C)CC[C@@H]([C@H]1C)C24OO3)Cc1ccccc1. The molecule has 1 spiro atoms. The predicted molar refractivity (Wildman–Crippen MR) is 117 cm³/mol. The first kappa shape index (κ1) is 21.8. The highest BCUT2D eigenvalue weighted by atomic mass is 17.3. The first-order valence-electron chi connectivity index (χ1n) is 12.3. The van der Waals surface area contributed by atoms with Gasteiger partial charge in [0.25, 0.3) is 0 Å². The Labute approximate surface area is 186 Å². The zero-order valence-corrected chi connectivity index (χ0v) is 19.4. The molecule has 9 atom stereocenters. The van der Waals surface area contributed by atoms with Crippen LogP contribution < -0.4 is 0 Å². The van der Waals surface area contributed by atoms with Gasteiger partial charge in [0, 0.05) is 18.3 Å². The van der Waals surface area contributed by atoms with Crippen molar-refractivity contribution in [2.45, 2.75) is 90.2 Å². The van der Waals surface area contributed by atoms with Crippen molar-refractivity contribution in [2.24, 2.45) is 29.6 Å². The van der Waals surface area contributed by atoms with Crippen LogP contribution in [0.5, 0.6) is 0 Å². The van der Waals surface area contributed by atoms with Crippen LogP contribution in [0.4, 0.5) is 0 Å². The number of ether oxygens (including phenoxy) is 3. The van der Waals surface area contributed by atoms with Gasteiger partial charge in [0.05, 0.1) is 6.61 Å². The third kappa shape index (κ3) is 3.76. The van der Waals surface area contributed by atoms with Gasteiger partial charge in [-0.3, -0.25) is 0 Å². The molecule has 0 N–H and O–H groups in total. The maximum Gasteiger partial charge on any atom is 0.201 e. The second-order valence-corrected chi connectivity index (χ2v) is 10.6. The first-order valence-corrected chi connectivity index (χ1v) is 12.3. The van der Waals surface area contributed by atoms with Gasteiger partial charge in [-0.25, -0.2) is 9.78 Å². The summed E-state index contributed by atoms with van der Waals surface area (Å²) in [6.07, 6.45) is 5.62. The van der Waals surface area contributed by atoms with Crippen molar-refractivity contribution in [3.8, 4) is 0 Å². The summed E-state index contributed by atoms with van der Waals surface area (Å²) in [7, 11) is 0. The number of hydrogen-bond acceptors (Lipinski definition) is 5. The molecular weight excluding hydrogens is 392 g/mol. The van der Waals surface area contributed by atoms with E-state index in [9.17, 15) is 0 Å². The molecule has 4 aliphatic heterocycles. The van der Waals surface area contributed by atoms with Gasteiger partial charge in [0.2, 0.25) is 5.79 Å². The van der Waals surface area contributed by atoms with Crippen LogP contribution in [0.2, 0.25) is 0 Å². The molecule has 5 aliphatic rings. The Morgan fingerprint density at radius 3 is 2.65 bits per heavy atom. The Bertz CT molecular complexity index is 755. The van der Waals surface area contributed by atoms with Crippen molar-refractivity contribution in [1.82, 2.24) is 0 Å². The Hall–Kier alpha value is -0.980. The molecule has 2 bridgehead atoms. The van der Waals surface area contributed by atoms with E-state index in [0.717, 1.165) is 32.1 Å². The van der Waals surface area contributed by atoms with E-state index in [4.69, 9.17) is 24.0 Å². The fraction of sp³-hybridized carbons (Fsp3) is 0.769. The van der Waals surface area contributed by atoms with Gasteiger partial charge in [-0.05, 0) is 55.9 Å². The number of fused-ring (bicyclic) bond motifs is 2. The van der Waals surface area contributed by atoms with Gasteiger partial charge in [0.15, 0.2) is 18.2 Å². The Kier molecular flexibility index (Phi) is 5.93. The quantitative estimate of drug-likeness (QED) is 0.559. The molecule has 1 unspecified atom stereocenters. The summed E-state index contributed by atoms with van der Waals surface area (Å²) in [5.74, 6) is 1.25. The average molecular weight is 431 g/mol. The summed E-state index contributed by atoms with van der Waals surface area (Å²) in [4.78, 5) is 12.1. The van der Waals surface area contributed by atoms with Crippen molar-refractivity contribution in [3.05, 3.63) is 35.9 Å². The topological polar surface area (TPSA) is 46.2 Å². The molecular formula is C26H38O5. The maximum atomic E-state index is 6.55. The van der Waals surface area contributed by atoms with Crippen LogP contribution in [0.1, 0.15) is 65.4 Å². The molecule has 1 aromatic rings. The van der Waals surface area contributed by atoms with E-state index >= 15 is 0 Å². The summed E-state index contributed by atoms with van der Waals surface area (Å²) in [6, 6.07) is 10.7. The molecule has 5 nitrogen and oxygen atoms in total. The highest BCUT2D eigenvalue weighted by Gasteiger charge is 2.69. The summed E-state index contributed by atoms with van der Waals surface area (Å²) < 4.78 is 19.5. The highest BCUT2D eigenvalue weighted by molar-refractivity contribution is 5.15. The van der Waals surface area contributed by atoms with E-state index < -0.39 is 17.7 Å². The van der Waals surface area contributed by atoms with E-state index in [1.165, 1.54) is 12.0 Å². The zero-order valence-electron chi connectivity index (χ0n) is 19.4. The van der Waals surface area contributed by atoms with Crippen molar-refractivity contribution < 1.29 is 24.0 Å². The van der Waals surface area contributed by atoms with E-state index in [-0.39, 0.29) is 12.2 Å². The van der Waals surface area contributed by atoms with E-state index in [1.54, 1.807) is 0 Å². The lowest BCUT2D eigenvalue weighted by Gasteiger charge is -2.60. The van der Waals surface area contributed by atoms with Crippen LogP contribution in [0.25, 0.3) is 0 Å². The Morgan fingerprint density at radius 2 is 1.87 bits per heavy atom. The molecule has 0 radical (unpaired) electrons. The summed E-state index contributed by atoms with van der Waals surface area (Å²) >= 11 is 0. The van der Waals surface area contributed by atoms with Crippen LogP contribution in [0, 0.1) is 29.6 Å². The predicted octanol–water partition coefficient (Wildman–Crippen LogP) is 5.48. The van der Waals surface area contributed by atoms with Gasteiger partial charge >= 0.3 is 0 Å². The third-order valence-electron chi connectivity index (χ3n) is 8.54. The summed E-state index contributed by atoms with van der Waals surface area (Å²) in [6.45, 7) is 9.51. The lowest BCUT2D eigenvalue weighted by molar-refractivity contribution is -0.577. The largest absolute Gasteiger partial charge is 0.352 e. The molecule has 4 saturated heterocycles. The molecule has 1 aliphatic carbocycles. The third-order valence-corrected chi connectivity index (χ3v) is 8.54. The number of benzene rings is 1. The van der Waals surface area contributed by atoms with Crippen LogP contribution in [-0.2, 0) is 30.4 Å². The number of rotatable bonds is 6. The van der Waals surface area contributed by atoms with Gasteiger partial charge in [0.1, 0.15) is 0 Å². The molecule has 31 heavy (non-hydrogen) atoms. The second-order valence-electron chi connectivity index (χ2n) is 10.6. The molecule has 5 fully saturated rings. The maximum absolute atomic E-state index is 6.55. The minimum Gasteiger partial charge on any atom is -0.352 e. The monoisotopic (exact) mass is 430 g/mol. The standard InChI is InChI=1S/C26H38O5/c1-5-19(15-20-9-7-6-8-10-20)16-27-23-18(3)22-12-11-17(2)21-13-14-25(4)29-24(28-23)26(21,22)31-30-25/h6-10,17-19,21-24H,5,11-16H2,1-4H3/t17-,18-,19+,21+,22+,23+,24-,25-,26?/m1/s1. The van der Waals surface area contributed by atoms with Crippen molar-refractivity contribution in [2.75, 3.05) is 6.61 Å². The average Bonchev–Trinajstić information content (AvgIpc) is 3.01. The zero-order chi connectivity index (χ0) is 21.6. The van der Waals surface area contributed by atoms with Gasteiger partial charge in [-0.15, -0.1) is 0 Å². The molecule has 4 heterocycles. The lowest BCUT2D eigenvalue weighted by Crippen LogP contribution is -2.70. The minimum atomic E-state index is -0.734. The molecule has 172 valence electrons. The van der Waals surface area contributed by atoms with Crippen LogP contribution in [0.3, 0.4) is 0 Å². The smallest absolute Gasteiger partial charge is 0.201 e.